The minimum atomic E-state index is -1.00. The SMILES string of the molecule is Cc1oc(C(=O)O)cc1CN1CCCC(N(C)C)C1. The van der Waals surface area contributed by atoms with Crippen LogP contribution in [0, 0.1) is 6.92 Å². The molecule has 1 atom stereocenters. The van der Waals surface area contributed by atoms with Gasteiger partial charge >= 0.3 is 5.97 Å². The highest BCUT2D eigenvalue weighted by Crippen LogP contribution is 2.20. The van der Waals surface area contributed by atoms with Gasteiger partial charge in [-0.05, 0) is 46.5 Å². The van der Waals surface area contributed by atoms with Gasteiger partial charge in [-0.2, -0.15) is 0 Å². The fourth-order valence-electron chi connectivity index (χ4n) is 2.62. The third-order valence-electron chi connectivity index (χ3n) is 3.84. The quantitative estimate of drug-likeness (QED) is 0.900. The number of aryl methyl sites for hydroxylation is 1. The Balaban J connectivity index is 2.02. The number of nitrogens with zero attached hydrogens (tertiary/aromatic N) is 2. The molecule has 0 aliphatic carbocycles. The average molecular weight is 266 g/mol. The first-order valence-corrected chi connectivity index (χ1v) is 6.68. The Kier molecular flexibility index (Phi) is 4.27. The van der Waals surface area contributed by atoms with Gasteiger partial charge in [0.2, 0.25) is 5.76 Å². The second kappa shape index (κ2) is 5.75. The monoisotopic (exact) mass is 266 g/mol. The molecule has 1 aromatic heterocycles. The number of likely N-dealkylation sites (N-methyl/N-ethyl adjacent to an activating group) is 1. The van der Waals surface area contributed by atoms with Crippen LogP contribution in [0.1, 0.15) is 34.7 Å². The molecule has 1 unspecified atom stereocenters. The fourth-order valence-corrected chi connectivity index (χ4v) is 2.62. The smallest absolute Gasteiger partial charge is 0.371 e. The number of rotatable bonds is 4. The Morgan fingerprint density at radius 2 is 2.32 bits per heavy atom. The molecule has 0 saturated carbocycles. The lowest BCUT2D eigenvalue weighted by Crippen LogP contribution is -2.44. The minimum absolute atomic E-state index is 0.0358. The highest BCUT2D eigenvalue weighted by Gasteiger charge is 2.23. The van der Waals surface area contributed by atoms with Crippen LogP contribution in [0.5, 0.6) is 0 Å². The van der Waals surface area contributed by atoms with E-state index in [0.29, 0.717) is 11.8 Å². The highest BCUT2D eigenvalue weighted by atomic mass is 16.4. The molecule has 2 rings (SSSR count). The van der Waals surface area contributed by atoms with Gasteiger partial charge in [-0.1, -0.05) is 0 Å². The number of piperidine rings is 1. The average Bonchev–Trinajstić information content (AvgIpc) is 2.71. The number of carbonyl (C=O) groups is 1. The van der Waals surface area contributed by atoms with E-state index in [1.807, 2.05) is 6.92 Å². The minimum Gasteiger partial charge on any atom is -0.475 e. The Bertz CT molecular complexity index is 454. The Hall–Kier alpha value is -1.33. The number of carboxylic acid groups (broad SMARTS) is 1. The lowest BCUT2D eigenvalue weighted by Gasteiger charge is -2.36. The first-order chi connectivity index (χ1) is 8.97. The summed E-state index contributed by atoms with van der Waals surface area (Å²) >= 11 is 0. The summed E-state index contributed by atoms with van der Waals surface area (Å²) in [6.07, 6.45) is 2.42. The van der Waals surface area contributed by atoms with Crippen molar-refractivity contribution in [2.45, 2.75) is 32.4 Å². The van der Waals surface area contributed by atoms with Gasteiger partial charge in [-0.3, -0.25) is 4.90 Å². The zero-order valence-corrected chi connectivity index (χ0v) is 11.8. The molecule has 5 nitrogen and oxygen atoms in total. The van der Waals surface area contributed by atoms with E-state index in [-0.39, 0.29) is 5.76 Å². The molecule has 0 aromatic carbocycles. The van der Waals surface area contributed by atoms with E-state index >= 15 is 0 Å². The molecular weight excluding hydrogens is 244 g/mol. The number of likely N-dealkylation sites (tertiary alicyclic amines) is 1. The molecule has 5 heteroatoms. The van der Waals surface area contributed by atoms with Crippen LogP contribution in [0.4, 0.5) is 0 Å². The number of hydrogen-bond acceptors (Lipinski definition) is 4. The maximum Gasteiger partial charge on any atom is 0.371 e. The lowest BCUT2D eigenvalue weighted by atomic mass is 10.0. The molecule has 1 saturated heterocycles. The van der Waals surface area contributed by atoms with Gasteiger partial charge in [0, 0.05) is 24.7 Å². The third-order valence-corrected chi connectivity index (χ3v) is 3.84. The van der Waals surface area contributed by atoms with Gasteiger partial charge in [0.25, 0.3) is 0 Å². The van der Waals surface area contributed by atoms with Gasteiger partial charge in [0.1, 0.15) is 5.76 Å². The molecule has 1 fully saturated rings. The van der Waals surface area contributed by atoms with Crippen LogP contribution in [0.25, 0.3) is 0 Å². The number of carboxylic acids is 1. The van der Waals surface area contributed by atoms with Gasteiger partial charge in [0.15, 0.2) is 0 Å². The van der Waals surface area contributed by atoms with Crippen molar-refractivity contribution in [2.75, 3.05) is 27.2 Å². The maximum absolute atomic E-state index is 10.9. The van der Waals surface area contributed by atoms with E-state index < -0.39 is 5.97 Å². The van der Waals surface area contributed by atoms with Crippen LogP contribution in [0.15, 0.2) is 10.5 Å². The Morgan fingerprint density at radius 1 is 1.58 bits per heavy atom. The number of hydrogen-bond donors (Lipinski definition) is 1. The zero-order valence-electron chi connectivity index (χ0n) is 11.8. The van der Waals surface area contributed by atoms with Crippen LogP contribution in [-0.4, -0.2) is 54.1 Å². The van der Waals surface area contributed by atoms with Crippen molar-refractivity contribution in [3.63, 3.8) is 0 Å². The lowest BCUT2D eigenvalue weighted by molar-refractivity contribution is 0.0661. The van der Waals surface area contributed by atoms with E-state index in [0.717, 1.165) is 25.2 Å². The molecule has 1 aliphatic heterocycles. The summed E-state index contributed by atoms with van der Waals surface area (Å²) in [6, 6.07) is 2.23. The molecule has 1 aliphatic rings. The molecule has 2 heterocycles. The number of furan rings is 1. The standard InChI is InChI=1S/C14H22N2O3/c1-10-11(7-13(19-10)14(17)18)8-16-6-4-5-12(9-16)15(2)3/h7,12H,4-6,8-9H2,1-3H3,(H,17,18). The first kappa shape index (κ1) is 14.1. The Morgan fingerprint density at radius 3 is 2.89 bits per heavy atom. The van der Waals surface area contributed by atoms with Crippen molar-refractivity contribution in [3.05, 3.63) is 23.2 Å². The molecule has 106 valence electrons. The van der Waals surface area contributed by atoms with Gasteiger partial charge in [-0.25, -0.2) is 4.79 Å². The molecule has 1 aromatic rings. The van der Waals surface area contributed by atoms with Crippen molar-refractivity contribution in [1.29, 1.82) is 0 Å². The van der Waals surface area contributed by atoms with Crippen molar-refractivity contribution in [3.8, 4) is 0 Å². The van der Waals surface area contributed by atoms with E-state index in [4.69, 9.17) is 9.52 Å². The summed E-state index contributed by atoms with van der Waals surface area (Å²) in [7, 11) is 4.22. The second-order valence-electron chi connectivity index (χ2n) is 5.49. The van der Waals surface area contributed by atoms with Crippen molar-refractivity contribution < 1.29 is 14.3 Å². The van der Waals surface area contributed by atoms with E-state index in [1.165, 1.54) is 12.8 Å². The van der Waals surface area contributed by atoms with Gasteiger partial charge in [-0.15, -0.1) is 0 Å². The highest BCUT2D eigenvalue weighted by molar-refractivity contribution is 5.84. The van der Waals surface area contributed by atoms with Crippen LogP contribution in [0.2, 0.25) is 0 Å². The molecule has 0 radical (unpaired) electrons. The fraction of sp³-hybridized carbons (Fsp3) is 0.643. The van der Waals surface area contributed by atoms with Crippen molar-refractivity contribution >= 4 is 5.97 Å². The summed E-state index contributed by atoms with van der Waals surface area (Å²) in [5, 5.41) is 8.93. The third kappa shape index (κ3) is 3.36. The molecular formula is C14H22N2O3. The van der Waals surface area contributed by atoms with Gasteiger partial charge < -0.3 is 14.4 Å². The second-order valence-corrected chi connectivity index (χ2v) is 5.49. The van der Waals surface area contributed by atoms with Gasteiger partial charge in [0.05, 0.1) is 0 Å². The molecule has 0 spiro atoms. The zero-order chi connectivity index (χ0) is 14.0. The topological polar surface area (TPSA) is 56.9 Å². The predicted molar refractivity (Wildman–Crippen MR) is 72.4 cm³/mol. The van der Waals surface area contributed by atoms with E-state index in [9.17, 15) is 4.79 Å². The normalized spacial score (nSPS) is 20.9. The predicted octanol–water partition coefficient (Wildman–Crippen LogP) is 1.81. The maximum atomic E-state index is 10.9. The first-order valence-electron chi connectivity index (χ1n) is 6.68. The van der Waals surface area contributed by atoms with Crippen molar-refractivity contribution in [2.24, 2.45) is 0 Å². The summed E-state index contributed by atoms with van der Waals surface area (Å²) in [6.45, 7) is 4.69. The summed E-state index contributed by atoms with van der Waals surface area (Å²) in [5.74, 6) is -0.253. The largest absolute Gasteiger partial charge is 0.475 e. The van der Waals surface area contributed by atoms with Crippen LogP contribution in [0.3, 0.4) is 0 Å². The Labute approximate surface area is 113 Å². The molecule has 0 amide bonds. The van der Waals surface area contributed by atoms with Crippen LogP contribution in [-0.2, 0) is 6.54 Å². The number of aromatic carboxylic acids is 1. The van der Waals surface area contributed by atoms with Crippen LogP contribution >= 0.6 is 0 Å². The summed E-state index contributed by atoms with van der Waals surface area (Å²) in [5.41, 5.74) is 0.983. The summed E-state index contributed by atoms with van der Waals surface area (Å²) in [4.78, 5) is 15.5. The molecule has 19 heavy (non-hydrogen) atoms. The molecule has 0 bridgehead atoms. The van der Waals surface area contributed by atoms with Crippen molar-refractivity contribution in [1.82, 2.24) is 9.80 Å². The van der Waals surface area contributed by atoms with E-state index in [1.54, 1.807) is 6.07 Å². The van der Waals surface area contributed by atoms with Crippen LogP contribution < -0.4 is 0 Å². The summed E-state index contributed by atoms with van der Waals surface area (Å²) < 4.78 is 5.26. The molecule has 1 N–H and O–H groups in total. The van der Waals surface area contributed by atoms with E-state index in [2.05, 4.69) is 23.9 Å².